The molecule has 7 heteroatoms. The van der Waals surface area contributed by atoms with Crippen LogP contribution in [0.3, 0.4) is 0 Å². The fourth-order valence-electron chi connectivity index (χ4n) is 1.75. The van der Waals surface area contributed by atoms with Gasteiger partial charge in [-0.25, -0.2) is 4.79 Å². The average Bonchev–Trinajstić information content (AvgIpc) is 2.84. The standard InChI is InChI=1S/C10H8ClNO4.ClH/c11-6-2-9-8(15-4-16-9)1-5(6)7-3-14-10(13)12-7;/h1-2,7H,3-4H2,(H,12,13);1H/t7-;/m0./s1. The number of halogens is 2. The van der Waals surface area contributed by atoms with E-state index in [0.29, 0.717) is 16.5 Å². The molecule has 1 aromatic rings. The van der Waals surface area contributed by atoms with Crippen molar-refractivity contribution in [1.82, 2.24) is 5.32 Å². The van der Waals surface area contributed by atoms with E-state index in [1.54, 1.807) is 12.1 Å². The zero-order valence-corrected chi connectivity index (χ0v) is 10.1. The maximum atomic E-state index is 10.9. The van der Waals surface area contributed by atoms with Crippen LogP contribution in [0, 0.1) is 0 Å². The van der Waals surface area contributed by atoms with Crippen LogP contribution in [-0.2, 0) is 4.74 Å². The van der Waals surface area contributed by atoms with E-state index in [2.05, 4.69) is 5.32 Å². The van der Waals surface area contributed by atoms with Gasteiger partial charge >= 0.3 is 6.09 Å². The topological polar surface area (TPSA) is 56.8 Å². The van der Waals surface area contributed by atoms with Gasteiger partial charge in [0.25, 0.3) is 0 Å². The lowest BCUT2D eigenvalue weighted by Gasteiger charge is -2.10. The van der Waals surface area contributed by atoms with Crippen LogP contribution in [0.25, 0.3) is 0 Å². The smallest absolute Gasteiger partial charge is 0.407 e. The molecule has 1 atom stereocenters. The maximum absolute atomic E-state index is 10.9. The fourth-order valence-corrected chi connectivity index (χ4v) is 2.04. The summed E-state index contributed by atoms with van der Waals surface area (Å²) in [5.74, 6) is 1.26. The predicted octanol–water partition coefficient (Wildman–Crippen LogP) is 2.27. The van der Waals surface area contributed by atoms with Gasteiger partial charge in [-0.3, -0.25) is 0 Å². The highest BCUT2D eigenvalue weighted by molar-refractivity contribution is 6.31. The van der Waals surface area contributed by atoms with Crippen molar-refractivity contribution in [3.63, 3.8) is 0 Å². The fraction of sp³-hybridized carbons (Fsp3) is 0.300. The van der Waals surface area contributed by atoms with Crippen molar-refractivity contribution in [2.75, 3.05) is 13.4 Å². The van der Waals surface area contributed by atoms with Crippen LogP contribution < -0.4 is 14.8 Å². The first-order valence-electron chi connectivity index (χ1n) is 4.76. The molecule has 0 spiro atoms. The Morgan fingerprint density at radius 1 is 1.24 bits per heavy atom. The molecule has 17 heavy (non-hydrogen) atoms. The number of amides is 1. The molecule has 3 rings (SSSR count). The van der Waals surface area contributed by atoms with Crippen molar-refractivity contribution in [3.8, 4) is 11.5 Å². The van der Waals surface area contributed by atoms with Crippen molar-refractivity contribution in [2.24, 2.45) is 0 Å². The van der Waals surface area contributed by atoms with Crippen LogP contribution >= 0.6 is 24.0 Å². The third-order valence-electron chi connectivity index (χ3n) is 2.54. The van der Waals surface area contributed by atoms with E-state index < -0.39 is 6.09 Å². The van der Waals surface area contributed by atoms with Crippen LogP contribution in [0.2, 0.25) is 5.02 Å². The first-order chi connectivity index (χ1) is 7.74. The highest BCUT2D eigenvalue weighted by atomic mass is 35.5. The van der Waals surface area contributed by atoms with Gasteiger partial charge in [-0.05, 0) is 6.07 Å². The minimum absolute atomic E-state index is 0. The van der Waals surface area contributed by atoms with Crippen molar-refractivity contribution in [3.05, 3.63) is 22.7 Å². The number of rotatable bonds is 1. The molecule has 1 fully saturated rings. The molecule has 0 saturated carbocycles. The molecule has 1 saturated heterocycles. The van der Waals surface area contributed by atoms with E-state index in [1.807, 2.05) is 0 Å². The number of benzene rings is 1. The lowest BCUT2D eigenvalue weighted by Crippen LogP contribution is -2.18. The Balaban J connectivity index is 0.00000108. The highest BCUT2D eigenvalue weighted by Crippen LogP contribution is 2.39. The first-order valence-corrected chi connectivity index (χ1v) is 5.14. The minimum atomic E-state index is -0.432. The summed E-state index contributed by atoms with van der Waals surface area (Å²) in [4.78, 5) is 10.9. The Morgan fingerprint density at radius 3 is 2.59 bits per heavy atom. The third kappa shape index (κ3) is 2.08. The van der Waals surface area contributed by atoms with Crippen molar-refractivity contribution >= 4 is 30.1 Å². The molecule has 2 aliphatic heterocycles. The second kappa shape index (κ2) is 4.50. The molecule has 1 aromatic carbocycles. The van der Waals surface area contributed by atoms with Crippen LogP contribution in [0.1, 0.15) is 11.6 Å². The predicted molar refractivity (Wildman–Crippen MR) is 62.0 cm³/mol. The summed E-state index contributed by atoms with van der Waals surface area (Å²) < 4.78 is 15.3. The van der Waals surface area contributed by atoms with Gasteiger partial charge in [0.15, 0.2) is 11.5 Å². The summed E-state index contributed by atoms with van der Waals surface area (Å²) in [7, 11) is 0. The van der Waals surface area contributed by atoms with Crippen molar-refractivity contribution < 1.29 is 19.0 Å². The van der Waals surface area contributed by atoms with Gasteiger partial charge in [-0.2, -0.15) is 0 Å². The third-order valence-corrected chi connectivity index (χ3v) is 2.87. The molecule has 0 aliphatic carbocycles. The van der Waals surface area contributed by atoms with Gasteiger partial charge in [0.2, 0.25) is 6.79 Å². The molecular formula is C10H9Cl2NO4. The summed E-state index contributed by atoms with van der Waals surface area (Å²) in [5, 5.41) is 3.19. The number of fused-ring (bicyclic) bond motifs is 1. The molecule has 2 aliphatic rings. The molecule has 1 amide bonds. The lowest BCUT2D eigenvalue weighted by molar-refractivity contribution is 0.174. The average molecular weight is 278 g/mol. The van der Waals surface area contributed by atoms with Gasteiger partial charge < -0.3 is 19.5 Å². The number of hydrogen-bond acceptors (Lipinski definition) is 4. The maximum Gasteiger partial charge on any atom is 0.407 e. The minimum Gasteiger partial charge on any atom is -0.454 e. The molecule has 92 valence electrons. The van der Waals surface area contributed by atoms with Crippen LogP contribution in [-0.4, -0.2) is 19.5 Å². The van der Waals surface area contributed by atoms with Crippen LogP contribution in [0.4, 0.5) is 4.79 Å². The number of carbonyl (C=O) groups is 1. The molecule has 5 nitrogen and oxygen atoms in total. The van der Waals surface area contributed by atoms with E-state index in [9.17, 15) is 4.79 Å². The summed E-state index contributed by atoms with van der Waals surface area (Å²) in [6.07, 6.45) is -0.432. The SMILES string of the molecule is Cl.O=C1N[C@H](c2cc3c(cc2Cl)OCO3)CO1. The summed E-state index contributed by atoms with van der Waals surface area (Å²) in [6, 6.07) is 3.23. The Bertz CT molecular complexity index is 466. The van der Waals surface area contributed by atoms with Crippen LogP contribution in [0.5, 0.6) is 11.5 Å². The Morgan fingerprint density at radius 2 is 1.94 bits per heavy atom. The quantitative estimate of drug-likeness (QED) is 0.856. The summed E-state index contributed by atoms with van der Waals surface area (Å²) >= 11 is 6.09. The molecule has 0 radical (unpaired) electrons. The number of nitrogens with one attached hydrogen (secondary N) is 1. The van der Waals surface area contributed by atoms with E-state index >= 15 is 0 Å². The Labute approximate surface area is 108 Å². The second-order valence-electron chi connectivity index (χ2n) is 3.52. The molecule has 0 aromatic heterocycles. The van der Waals surface area contributed by atoms with Gasteiger partial charge in [-0.1, -0.05) is 11.6 Å². The lowest BCUT2D eigenvalue weighted by atomic mass is 10.1. The molecular weight excluding hydrogens is 269 g/mol. The number of ether oxygens (including phenoxy) is 3. The van der Waals surface area contributed by atoms with Gasteiger partial charge in [0.1, 0.15) is 6.61 Å². The normalized spacial score (nSPS) is 20.5. The first kappa shape index (κ1) is 12.1. The molecule has 0 unspecified atom stereocenters. The molecule has 1 N–H and O–H groups in total. The largest absolute Gasteiger partial charge is 0.454 e. The van der Waals surface area contributed by atoms with Gasteiger partial charge in [0.05, 0.1) is 6.04 Å². The zero-order chi connectivity index (χ0) is 11.1. The number of carbonyl (C=O) groups excluding carboxylic acids is 1. The van der Waals surface area contributed by atoms with Crippen molar-refractivity contribution in [1.29, 1.82) is 0 Å². The molecule has 0 bridgehead atoms. The van der Waals surface area contributed by atoms with E-state index in [4.69, 9.17) is 25.8 Å². The highest BCUT2D eigenvalue weighted by Gasteiger charge is 2.28. The van der Waals surface area contributed by atoms with Crippen LogP contribution in [0.15, 0.2) is 12.1 Å². The summed E-state index contributed by atoms with van der Waals surface area (Å²) in [5.41, 5.74) is 0.775. The summed E-state index contributed by atoms with van der Waals surface area (Å²) in [6.45, 7) is 0.473. The Kier molecular flexibility index (Phi) is 3.22. The van der Waals surface area contributed by atoms with Gasteiger partial charge in [-0.15, -0.1) is 12.4 Å². The van der Waals surface area contributed by atoms with E-state index in [-0.39, 0.29) is 31.8 Å². The number of alkyl carbamates (subject to hydrolysis) is 1. The van der Waals surface area contributed by atoms with Crippen molar-refractivity contribution in [2.45, 2.75) is 6.04 Å². The van der Waals surface area contributed by atoms with E-state index in [1.165, 1.54) is 0 Å². The Hall–Kier alpha value is -1.33. The van der Waals surface area contributed by atoms with E-state index in [0.717, 1.165) is 5.56 Å². The molecule has 2 heterocycles. The number of cyclic esters (lactones) is 1. The second-order valence-corrected chi connectivity index (χ2v) is 3.93. The zero-order valence-electron chi connectivity index (χ0n) is 8.57. The number of hydrogen-bond donors (Lipinski definition) is 1. The van der Waals surface area contributed by atoms with Gasteiger partial charge in [0, 0.05) is 16.7 Å². The monoisotopic (exact) mass is 277 g/mol.